The van der Waals surface area contributed by atoms with E-state index < -0.39 is 0 Å². The molecule has 0 radical (unpaired) electrons. The third-order valence-electron chi connectivity index (χ3n) is 1.27. The molecule has 1 fully saturated rings. The lowest BCUT2D eigenvalue weighted by Gasteiger charge is -2.10. The minimum Gasteiger partial charge on any atom is -0.286 e. The average molecular weight is 145 g/mol. The molecule has 0 N–H and O–H groups in total. The maximum Gasteiger partial charge on any atom is 0.233 e. The van der Waals surface area contributed by atoms with Crippen LogP contribution in [-0.2, 0) is 4.79 Å². The lowest BCUT2D eigenvalue weighted by atomic mass is 10.4. The van der Waals surface area contributed by atoms with Crippen LogP contribution in [0.2, 0.25) is 0 Å². The fourth-order valence-electron chi connectivity index (χ4n) is 0.832. The molecule has 0 atom stereocenters. The normalized spacial score (nSPS) is 19.2. The molecule has 0 unspecified atom stereocenters. The standard InChI is InChI=1S/C6H11NOS/c1-2-4-7-6(8)3-5-9-7/h2-5H2,1H3. The van der Waals surface area contributed by atoms with E-state index in [-0.39, 0.29) is 0 Å². The Morgan fingerprint density at radius 2 is 2.56 bits per heavy atom. The Morgan fingerprint density at radius 1 is 1.78 bits per heavy atom. The van der Waals surface area contributed by atoms with Crippen molar-refractivity contribution < 1.29 is 4.79 Å². The molecule has 3 heteroatoms. The fourth-order valence-corrected chi connectivity index (χ4v) is 1.87. The Labute approximate surface area is 59.7 Å². The van der Waals surface area contributed by atoms with Crippen molar-refractivity contribution in [3.8, 4) is 0 Å². The van der Waals surface area contributed by atoms with Gasteiger partial charge in [0.15, 0.2) is 0 Å². The quantitative estimate of drug-likeness (QED) is 0.545. The summed E-state index contributed by atoms with van der Waals surface area (Å²) in [7, 11) is 0. The molecule has 1 amide bonds. The van der Waals surface area contributed by atoms with E-state index in [1.165, 1.54) is 0 Å². The molecule has 52 valence electrons. The molecule has 0 bridgehead atoms. The first-order chi connectivity index (χ1) is 4.34. The van der Waals surface area contributed by atoms with Crippen LogP contribution in [0.25, 0.3) is 0 Å². The maximum atomic E-state index is 10.9. The van der Waals surface area contributed by atoms with E-state index in [1.807, 2.05) is 4.31 Å². The van der Waals surface area contributed by atoms with E-state index in [1.54, 1.807) is 11.9 Å². The molecule has 0 saturated carbocycles. The van der Waals surface area contributed by atoms with Crippen LogP contribution in [0.4, 0.5) is 0 Å². The zero-order valence-corrected chi connectivity index (χ0v) is 6.41. The fraction of sp³-hybridized carbons (Fsp3) is 0.833. The molecule has 0 aromatic carbocycles. The molecule has 1 aliphatic rings. The van der Waals surface area contributed by atoms with Crippen LogP contribution in [0, 0.1) is 0 Å². The lowest BCUT2D eigenvalue weighted by Crippen LogP contribution is -2.18. The zero-order chi connectivity index (χ0) is 6.69. The highest BCUT2D eigenvalue weighted by atomic mass is 32.2. The van der Waals surface area contributed by atoms with E-state index in [2.05, 4.69) is 6.92 Å². The zero-order valence-electron chi connectivity index (χ0n) is 5.59. The largest absolute Gasteiger partial charge is 0.286 e. The minimum absolute atomic E-state index is 0.307. The summed E-state index contributed by atoms with van der Waals surface area (Å²) < 4.78 is 1.86. The number of amides is 1. The van der Waals surface area contributed by atoms with Gasteiger partial charge < -0.3 is 0 Å². The van der Waals surface area contributed by atoms with Crippen LogP contribution >= 0.6 is 11.9 Å². The van der Waals surface area contributed by atoms with Gasteiger partial charge in [0.2, 0.25) is 5.91 Å². The first kappa shape index (κ1) is 6.93. The van der Waals surface area contributed by atoms with Gasteiger partial charge in [-0.15, -0.1) is 0 Å². The Kier molecular flexibility index (Phi) is 2.39. The van der Waals surface area contributed by atoms with E-state index in [9.17, 15) is 4.79 Å². The van der Waals surface area contributed by atoms with Crippen LogP contribution < -0.4 is 0 Å². The summed E-state index contributed by atoms with van der Waals surface area (Å²) in [6, 6.07) is 0. The monoisotopic (exact) mass is 145 g/mol. The van der Waals surface area contributed by atoms with E-state index in [0.717, 1.165) is 25.1 Å². The van der Waals surface area contributed by atoms with Gasteiger partial charge >= 0.3 is 0 Å². The second-order valence-electron chi connectivity index (χ2n) is 2.08. The summed E-state index contributed by atoms with van der Waals surface area (Å²) in [6.45, 7) is 3.01. The number of nitrogens with zero attached hydrogens (tertiary/aromatic N) is 1. The predicted octanol–water partition coefficient (Wildman–Crippen LogP) is 1.28. The van der Waals surface area contributed by atoms with Gasteiger partial charge in [-0.25, -0.2) is 0 Å². The Bertz CT molecular complexity index is 116. The molecule has 1 aliphatic heterocycles. The third kappa shape index (κ3) is 1.61. The SMILES string of the molecule is CCCN1SCCC1=O. The summed E-state index contributed by atoms with van der Waals surface area (Å²) in [5.74, 6) is 1.29. The van der Waals surface area contributed by atoms with Gasteiger partial charge in [0.25, 0.3) is 0 Å². The van der Waals surface area contributed by atoms with Crippen molar-refractivity contribution in [2.24, 2.45) is 0 Å². The molecule has 2 nitrogen and oxygen atoms in total. The molecule has 0 aliphatic carbocycles. The molecule has 1 rings (SSSR count). The van der Waals surface area contributed by atoms with Crippen molar-refractivity contribution in [2.75, 3.05) is 12.3 Å². The summed E-state index contributed by atoms with van der Waals surface area (Å²) in [4.78, 5) is 10.9. The number of rotatable bonds is 2. The van der Waals surface area contributed by atoms with Crippen molar-refractivity contribution in [3.63, 3.8) is 0 Å². The maximum absolute atomic E-state index is 10.9. The van der Waals surface area contributed by atoms with Gasteiger partial charge in [-0.05, 0) is 18.4 Å². The topological polar surface area (TPSA) is 20.3 Å². The van der Waals surface area contributed by atoms with Crippen LogP contribution in [-0.4, -0.2) is 22.5 Å². The first-order valence-electron chi connectivity index (χ1n) is 3.28. The molecular weight excluding hydrogens is 134 g/mol. The van der Waals surface area contributed by atoms with Crippen LogP contribution in [0.1, 0.15) is 19.8 Å². The smallest absolute Gasteiger partial charge is 0.233 e. The van der Waals surface area contributed by atoms with Crippen LogP contribution in [0.3, 0.4) is 0 Å². The number of hydrogen-bond donors (Lipinski definition) is 0. The van der Waals surface area contributed by atoms with E-state index in [0.29, 0.717) is 5.91 Å². The Hall–Kier alpha value is -0.180. The molecule has 1 heterocycles. The second kappa shape index (κ2) is 3.11. The average Bonchev–Trinajstić information content (AvgIpc) is 2.18. The highest BCUT2D eigenvalue weighted by Gasteiger charge is 2.19. The van der Waals surface area contributed by atoms with Crippen LogP contribution in [0.15, 0.2) is 0 Å². The van der Waals surface area contributed by atoms with Crippen molar-refractivity contribution in [1.82, 2.24) is 4.31 Å². The molecule has 0 aromatic heterocycles. The Balaban J connectivity index is 2.31. The van der Waals surface area contributed by atoms with Crippen molar-refractivity contribution in [3.05, 3.63) is 0 Å². The molecule has 9 heavy (non-hydrogen) atoms. The second-order valence-corrected chi connectivity index (χ2v) is 3.19. The van der Waals surface area contributed by atoms with Crippen LogP contribution in [0.5, 0.6) is 0 Å². The van der Waals surface area contributed by atoms with Gasteiger partial charge in [-0.3, -0.25) is 9.10 Å². The number of hydrogen-bond acceptors (Lipinski definition) is 2. The molecule has 0 spiro atoms. The highest BCUT2D eigenvalue weighted by molar-refractivity contribution is 7.97. The third-order valence-corrected chi connectivity index (χ3v) is 2.35. The van der Waals surface area contributed by atoms with Gasteiger partial charge in [0.05, 0.1) is 0 Å². The molecular formula is C6H11NOS. The lowest BCUT2D eigenvalue weighted by molar-refractivity contribution is -0.124. The van der Waals surface area contributed by atoms with E-state index in [4.69, 9.17) is 0 Å². The summed E-state index contributed by atoms with van der Waals surface area (Å²) in [5, 5.41) is 0. The summed E-state index contributed by atoms with van der Waals surface area (Å²) in [5.41, 5.74) is 0. The minimum atomic E-state index is 0.307. The van der Waals surface area contributed by atoms with E-state index >= 15 is 0 Å². The van der Waals surface area contributed by atoms with Crippen molar-refractivity contribution in [1.29, 1.82) is 0 Å². The number of carbonyl (C=O) groups excluding carboxylic acids is 1. The summed E-state index contributed by atoms with van der Waals surface area (Å²) in [6.07, 6.45) is 1.81. The van der Waals surface area contributed by atoms with Gasteiger partial charge in [-0.2, -0.15) is 0 Å². The summed E-state index contributed by atoms with van der Waals surface area (Å²) >= 11 is 1.66. The van der Waals surface area contributed by atoms with Crippen molar-refractivity contribution in [2.45, 2.75) is 19.8 Å². The number of carbonyl (C=O) groups is 1. The van der Waals surface area contributed by atoms with Crippen molar-refractivity contribution >= 4 is 17.9 Å². The highest BCUT2D eigenvalue weighted by Crippen LogP contribution is 2.20. The molecule has 1 saturated heterocycles. The first-order valence-corrected chi connectivity index (χ1v) is 4.22. The van der Waals surface area contributed by atoms with Gasteiger partial charge in [0.1, 0.15) is 0 Å². The predicted molar refractivity (Wildman–Crippen MR) is 39.1 cm³/mol. The van der Waals surface area contributed by atoms with Gasteiger partial charge in [0, 0.05) is 18.7 Å². The van der Waals surface area contributed by atoms with Gasteiger partial charge in [-0.1, -0.05) is 6.92 Å². The Morgan fingerprint density at radius 3 is 3.00 bits per heavy atom. The molecule has 0 aromatic rings.